The molecule has 1 heterocycles. The normalized spacial score (nSPS) is 19.5. The largest absolute Gasteiger partial charge is 0.490 e. The summed E-state index contributed by atoms with van der Waals surface area (Å²) >= 11 is 0. The fourth-order valence-corrected chi connectivity index (χ4v) is 4.14. The molecule has 162 valence electrons. The highest BCUT2D eigenvalue weighted by Crippen LogP contribution is 2.25. The van der Waals surface area contributed by atoms with Gasteiger partial charge in [-0.1, -0.05) is 12.1 Å². The fourth-order valence-electron chi connectivity index (χ4n) is 4.14. The predicted octanol–water partition coefficient (Wildman–Crippen LogP) is 2.68. The molecule has 1 aliphatic heterocycles. The van der Waals surface area contributed by atoms with Crippen LogP contribution in [-0.4, -0.2) is 49.0 Å². The van der Waals surface area contributed by atoms with Crippen molar-refractivity contribution < 1.29 is 14.3 Å². The molecule has 1 saturated heterocycles. The van der Waals surface area contributed by atoms with Crippen LogP contribution in [-0.2, 0) is 16.0 Å². The first-order chi connectivity index (χ1) is 13.7. The lowest BCUT2D eigenvalue weighted by atomic mass is 9.96. The van der Waals surface area contributed by atoms with Crippen LogP contribution in [0.25, 0.3) is 0 Å². The Morgan fingerprint density at radius 1 is 1.17 bits per heavy atom. The molecule has 2 fully saturated rings. The third-order valence-electron chi connectivity index (χ3n) is 5.72. The summed E-state index contributed by atoms with van der Waals surface area (Å²) in [7, 11) is 0. The molecule has 7 heteroatoms. The molecule has 0 spiro atoms. The maximum absolute atomic E-state index is 12.7. The Morgan fingerprint density at radius 2 is 1.97 bits per heavy atom. The van der Waals surface area contributed by atoms with E-state index in [0.717, 1.165) is 43.5 Å². The molecular weight excluding hydrogens is 390 g/mol. The van der Waals surface area contributed by atoms with Crippen LogP contribution in [0.2, 0.25) is 0 Å². The van der Waals surface area contributed by atoms with Crippen LogP contribution in [0.3, 0.4) is 0 Å². The van der Waals surface area contributed by atoms with E-state index in [0.29, 0.717) is 38.6 Å². The predicted molar refractivity (Wildman–Crippen MR) is 116 cm³/mol. The van der Waals surface area contributed by atoms with Crippen molar-refractivity contribution in [2.75, 3.05) is 26.2 Å². The summed E-state index contributed by atoms with van der Waals surface area (Å²) in [4.78, 5) is 26.7. The number of hydrogen-bond donors (Lipinski definition) is 2. The SMILES string of the molecule is Cl.NCCNC(=O)C1CCCN(C(=O)CCc2cccc(OC3CCCC3)c2)C1. The minimum absolute atomic E-state index is 0. The molecule has 1 unspecified atom stereocenters. The number of nitrogens with zero attached hydrogens (tertiary/aromatic N) is 1. The molecule has 0 radical (unpaired) electrons. The highest BCUT2D eigenvalue weighted by Gasteiger charge is 2.28. The van der Waals surface area contributed by atoms with Crippen molar-refractivity contribution in [1.82, 2.24) is 10.2 Å². The Bertz CT molecular complexity index is 664. The van der Waals surface area contributed by atoms with Gasteiger partial charge in [-0.25, -0.2) is 0 Å². The van der Waals surface area contributed by atoms with Crippen molar-refractivity contribution in [2.24, 2.45) is 11.7 Å². The zero-order chi connectivity index (χ0) is 19.8. The van der Waals surface area contributed by atoms with E-state index >= 15 is 0 Å². The van der Waals surface area contributed by atoms with Gasteiger partial charge in [0.2, 0.25) is 11.8 Å². The molecule has 3 N–H and O–H groups in total. The highest BCUT2D eigenvalue weighted by molar-refractivity contribution is 5.85. The molecule has 1 saturated carbocycles. The van der Waals surface area contributed by atoms with Crippen molar-refractivity contribution in [3.8, 4) is 5.75 Å². The number of piperidine rings is 1. The monoisotopic (exact) mass is 423 g/mol. The van der Waals surface area contributed by atoms with E-state index < -0.39 is 0 Å². The minimum atomic E-state index is -0.118. The molecule has 1 aliphatic carbocycles. The number of likely N-dealkylation sites (tertiary alicyclic amines) is 1. The van der Waals surface area contributed by atoms with Crippen molar-refractivity contribution in [3.63, 3.8) is 0 Å². The molecular formula is C22H34ClN3O3. The van der Waals surface area contributed by atoms with Gasteiger partial charge in [0.1, 0.15) is 5.75 Å². The van der Waals surface area contributed by atoms with Crippen LogP contribution in [0.15, 0.2) is 24.3 Å². The van der Waals surface area contributed by atoms with Gasteiger partial charge in [0.25, 0.3) is 0 Å². The minimum Gasteiger partial charge on any atom is -0.490 e. The number of nitrogens with one attached hydrogen (secondary N) is 1. The molecule has 6 nitrogen and oxygen atoms in total. The van der Waals surface area contributed by atoms with Crippen molar-refractivity contribution in [1.29, 1.82) is 0 Å². The standard InChI is InChI=1S/C22H33N3O3.ClH/c23-12-13-24-22(27)18-6-4-14-25(16-18)21(26)11-10-17-5-3-9-20(15-17)28-19-7-1-2-8-19;/h3,5,9,15,18-19H,1-2,4,6-8,10-14,16,23H2,(H,24,27);1H. The second-order valence-corrected chi connectivity index (χ2v) is 7.93. The number of benzene rings is 1. The number of carbonyl (C=O) groups excluding carboxylic acids is 2. The number of carbonyl (C=O) groups is 2. The zero-order valence-electron chi connectivity index (χ0n) is 17.1. The summed E-state index contributed by atoms with van der Waals surface area (Å²) in [5, 5.41) is 2.84. The number of rotatable bonds is 8. The molecule has 3 rings (SSSR count). The van der Waals surface area contributed by atoms with Crippen LogP contribution in [0.5, 0.6) is 5.75 Å². The van der Waals surface area contributed by atoms with Gasteiger partial charge in [-0.05, 0) is 62.6 Å². The molecule has 1 aromatic rings. The van der Waals surface area contributed by atoms with E-state index in [4.69, 9.17) is 10.5 Å². The zero-order valence-corrected chi connectivity index (χ0v) is 17.9. The number of ether oxygens (including phenoxy) is 1. The Labute approximate surface area is 179 Å². The Kier molecular flexibility index (Phi) is 9.74. The van der Waals surface area contributed by atoms with Gasteiger partial charge in [-0.2, -0.15) is 0 Å². The molecule has 2 amide bonds. The second-order valence-electron chi connectivity index (χ2n) is 7.93. The van der Waals surface area contributed by atoms with Gasteiger partial charge >= 0.3 is 0 Å². The molecule has 2 aliphatic rings. The Morgan fingerprint density at radius 3 is 2.72 bits per heavy atom. The molecule has 0 bridgehead atoms. The summed E-state index contributed by atoms with van der Waals surface area (Å²) in [6, 6.07) is 8.11. The van der Waals surface area contributed by atoms with E-state index in [9.17, 15) is 9.59 Å². The number of aryl methyl sites for hydroxylation is 1. The highest BCUT2D eigenvalue weighted by atomic mass is 35.5. The third kappa shape index (κ3) is 7.19. The lowest BCUT2D eigenvalue weighted by Crippen LogP contribution is -2.46. The van der Waals surface area contributed by atoms with Gasteiger partial charge in [0, 0.05) is 32.6 Å². The van der Waals surface area contributed by atoms with Gasteiger partial charge in [-0.3, -0.25) is 9.59 Å². The first-order valence-electron chi connectivity index (χ1n) is 10.7. The van der Waals surface area contributed by atoms with Crippen molar-refractivity contribution in [3.05, 3.63) is 29.8 Å². The van der Waals surface area contributed by atoms with Crippen LogP contribution >= 0.6 is 12.4 Å². The number of hydrogen-bond acceptors (Lipinski definition) is 4. The summed E-state index contributed by atoms with van der Waals surface area (Å²) in [6.45, 7) is 2.18. The number of nitrogens with two attached hydrogens (primary N) is 1. The smallest absolute Gasteiger partial charge is 0.224 e. The quantitative estimate of drug-likeness (QED) is 0.673. The number of amides is 2. The average molecular weight is 424 g/mol. The maximum Gasteiger partial charge on any atom is 0.224 e. The summed E-state index contributed by atoms with van der Waals surface area (Å²) < 4.78 is 6.06. The average Bonchev–Trinajstić information content (AvgIpc) is 3.23. The third-order valence-corrected chi connectivity index (χ3v) is 5.72. The lowest BCUT2D eigenvalue weighted by molar-refractivity contribution is -0.135. The molecule has 1 aromatic carbocycles. The Hall–Kier alpha value is -1.79. The molecule has 29 heavy (non-hydrogen) atoms. The van der Waals surface area contributed by atoms with Crippen molar-refractivity contribution >= 4 is 24.2 Å². The van der Waals surface area contributed by atoms with E-state index in [1.807, 2.05) is 23.1 Å². The lowest BCUT2D eigenvalue weighted by Gasteiger charge is -2.32. The number of halogens is 1. The van der Waals surface area contributed by atoms with Gasteiger partial charge in [0.15, 0.2) is 0 Å². The van der Waals surface area contributed by atoms with Crippen molar-refractivity contribution in [2.45, 2.75) is 57.5 Å². The molecule has 1 atom stereocenters. The summed E-state index contributed by atoms with van der Waals surface area (Å²) in [5.74, 6) is 0.928. The van der Waals surface area contributed by atoms with Crippen LogP contribution in [0.4, 0.5) is 0 Å². The Balaban J connectivity index is 0.00000300. The first-order valence-corrected chi connectivity index (χ1v) is 10.7. The second kappa shape index (κ2) is 12.0. The van der Waals surface area contributed by atoms with E-state index in [2.05, 4.69) is 11.4 Å². The maximum atomic E-state index is 12.7. The summed E-state index contributed by atoms with van der Waals surface area (Å²) in [5.41, 5.74) is 6.57. The van der Waals surface area contributed by atoms with E-state index in [1.54, 1.807) is 0 Å². The fraction of sp³-hybridized carbons (Fsp3) is 0.636. The van der Waals surface area contributed by atoms with Crippen LogP contribution in [0, 0.1) is 5.92 Å². The van der Waals surface area contributed by atoms with Gasteiger partial charge in [-0.15, -0.1) is 12.4 Å². The topological polar surface area (TPSA) is 84.7 Å². The van der Waals surface area contributed by atoms with E-state index in [-0.39, 0.29) is 30.1 Å². The van der Waals surface area contributed by atoms with Gasteiger partial charge < -0.3 is 20.7 Å². The van der Waals surface area contributed by atoms with Crippen LogP contribution in [0.1, 0.15) is 50.5 Å². The molecule has 0 aromatic heterocycles. The van der Waals surface area contributed by atoms with Gasteiger partial charge in [0.05, 0.1) is 12.0 Å². The van der Waals surface area contributed by atoms with Crippen LogP contribution < -0.4 is 15.8 Å². The van der Waals surface area contributed by atoms with E-state index in [1.165, 1.54) is 12.8 Å². The summed E-state index contributed by atoms with van der Waals surface area (Å²) in [6.07, 6.45) is 7.98. The first kappa shape index (κ1) is 23.5.